The van der Waals surface area contributed by atoms with E-state index in [0.29, 0.717) is 12.1 Å². The van der Waals surface area contributed by atoms with E-state index < -0.39 is 0 Å². The van der Waals surface area contributed by atoms with Crippen molar-refractivity contribution < 1.29 is 9.53 Å². The van der Waals surface area contributed by atoms with Gasteiger partial charge in [-0.3, -0.25) is 4.79 Å². The van der Waals surface area contributed by atoms with Gasteiger partial charge in [-0.1, -0.05) is 19.8 Å². The molecule has 2 unspecified atom stereocenters. The standard InChI is InChI=1S/C19H27NO2/c1-5-10-22-18-12(2)11-15(13(3)14(18)4)19(21)20-16-8-6-7-9-17(16)20/h11,16-17H,5-10H2,1-4H3. The summed E-state index contributed by atoms with van der Waals surface area (Å²) < 4.78 is 5.88. The third-order valence-corrected chi connectivity index (χ3v) is 5.26. The summed E-state index contributed by atoms with van der Waals surface area (Å²) in [6.45, 7) is 9.00. The fourth-order valence-electron chi connectivity index (χ4n) is 3.85. The van der Waals surface area contributed by atoms with Gasteiger partial charge in [-0.25, -0.2) is 0 Å². The second kappa shape index (κ2) is 5.94. The maximum Gasteiger partial charge on any atom is 0.254 e. The van der Waals surface area contributed by atoms with Gasteiger partial charge in [0.2, 0.25) is 0 Å². The van der Waals surface area contributed by atoms with Crippen molar-refractivity contribution in [3.8, 4) is 5.75 Å². The van der Waals surface area contributed by atoms with Crippen molar-refractivity contribution in [3.63, 3.8) is 0 Å². The number of fused-ring (bicyclic) bond motifs is 1. The highest BCUT2D eigenvalue weighted by atomic mass is 16.5. The zero-order valence-corrected chi connectivity index (χ0v) is 14.2. The summed E-state index contributed by atoms with van der Waals surface area (Å²) in [5.41, 5.74) is 4.13. The second-order valence-corrected chi connectivity index (χ2v) is 6.80. The molecule has 1 aromatic rings. The van der Waals surface area contributed by atoms with E-state index in [1.54, 1.807) is 0 Å². The van der Waals surface area contributed by atoms with E-state index in [1.807, 2.05) is 19.9 Å². The van der Waals surface area contributed by atoms with Crippen LogP contribution in [0.2, 0.25) is 0 Å². The van der Waals surface area contributed by atoms with Crippen LogP contribution >= 0.6 is 0 Å². The summed E-state index contributed by atoms with van der Waals surface area (Å²) >= 11 is 0. The first kappa shape index (κ1) is 15.4. The number of rotatable bonds is 4. The maximum atomic E-state index is 12.9. The molecule has 1 heterocycles. The minimum Gasteiger partial charge on any atom is -0.493 e. The molecule has 0 spiro atoms. The van der Waals surface area contributed by atoms with Crippen LogP contribution < -0.4 is 4.74 Å². The van der Waals surface area contributed by atoms with Crippen LogP contribution in [0.5, 0.6) is 5.75 Å². The molecule has 1 saturated heterocycles. The lowest BCUT2D eigenvalue weighted by molar-refractivity contribution is 0.0864. The molecule has 0 aromatic heterocycles. The van der Waals surface area contributed by atoms with Crippen molar-refractivity contribution in [2.75, 3.05) is 6.61 Å². The van der Waals surface area contributed by atoms with Crippen molar-refractivity contribution in [3.05, 3.63) is 28.3 Å². The average Bonchev–Trinajstić information content (AvgIpc) is 3.24. The van der Waals surface area contributed by atoms with E-state index in [1.165, 1.54) is 25.7 Å². The topological polar surface area (TPSA) is 29.3 Å². The zero-order chi connectivity index (χ0) is 15.9. The van der Waals surface area contributed by atoms with Crippen LogP contribution in [0.4, 0.5) is 0 Å². The van der Waals surface area contributed by atoms with Crippen LogP contribution in [0.3, 0.4) is 0 Å². The van der Waals surface area contributed by atoms with Gasteiger partial charge >= 0.3 is 0 Å². The van der Waals surface area contributed by atoms with Crippen molar-refractivity contribution in [1.29, 1.82) is 0 Å². The molecule has 2 fully saturated rings. The van der Waals surface area contributed by atoms with E-state index in [-0.39, 0.29) is 5.91 Å². The number of benzene rings is 1. The highest BCUT2D eigenvalue weighted by Crippen LogP contribution is 2.42. The Balaban J connectivity index is 1.86. The SMILES string of the molecule is CCCOc1c(C)cc(C(=O)N2C3CCCCC32)c(C)c1C. The van der Waals surface area contributed by atoms with Gasteiger partial charge in [0, 0.05) is 5.56 Å². The van der Waals surface area contributed by atoms with Gasteiger partial charge in [-0.15, -0.1) is 0 Å². The van der Waals surface area contributed by atoms with E-state index in [2.05, 4.69) is 18.7 Å². The van der Waals surface area contributed by atoms with Gasteiger partial charge in [0.15, 0.2) is 0 Å². The predicted octanol–water partition coefficient (Wildman–Crippen LogP) is 4.17. The molecule has 1 aliphatic carbocycles. The molecule has 1 amide bonds. The van der Waals surface area contributed by atoms with Gasteiger partial charge in [-0.05, 0) is 62.8 Å². The van der Waals surface area contributed by atoms with Crippen LogP contribution in [0.15, 0.2) is 6.07 Å². The molecule has 2 aliphatic rings. The molecule has 1 saturated carbocycles. The smallest absolute Gasteiger partial charge is 0.254 e. The molecule has 1 aromatic carbocycles. The van der Waals surface area contributed by atoms with Crippen LogP contribution in [0.1, 0.15) is 66.1 Å². The monoisotopic (exact) mass is 301 g/mol. The Morgan fingerprint density at radius 1 is 1.18 bits per heavy atom. The first-order chi connectivity index (χ1) is 10.6. The average molecular weight is 301 g/mol. The molecule has 0 radical (unpaired) electrons. The quantitative estimate of drug-likeness (QED) is 0.781. The lowest BCUT2D eigenvalue weighted by Crippen LogP contribution is -2.17. The van der Waals surface area contributed by atoms with E-state index in [9.17, 15) is 4.79 Å². The Morgan fingerprint density at radius 3 is 2.41 bits per heavy atom. The molecule has 0 bridgehead atoms. The van der Waals surface area contributed by atoms with E-state index in [4.69, 9.17) is 4.74 Å². The Morgan fingerprint density at radius 2 is 1.82 bits per heavy atom. The first-order valence-electron chi connectivity index (χ1n) is 8.62. The number of likely N-dealkylation sites (tertiary alicyclic amines) is 1. The molecule has 3 heteroatoms. The number of ether oxygens (including phenoxy) is 1. The Kier molecular flexibility index (Phi) is 4.16. The summed E-state index contributed by atoms with van der Waals surface area (Å²) in [5, 5.41) is 0. The largest absolute Gasteiger partial charge is 0.493 e. The van der Waals surface area contributed by atoms with Crippen LogP contribution in [-0.4, -0.2) is 29.5 Å². The van der Waals surface area contributed by atoms with Crippen molar-refractivity contribution in [2.45, 2.75) is 71.9 Å². The van der Waals surface area contributed by atoms with Crippen LogP contribution in [0, 0.1) is 20.8 Å². The van der Waals surface area contributed by atoms with E-state index in [0.717, 1.165) is 41.0 Å². The Labute approximate surface area is 133 Å². The summed E-state index contributed by atoms with van der Waals surface area (Å²) in [7, 11) is 0. The minimum absolute atomic E-state index is 0.225. The first-order valence-corrected chi connectivity index (χ1v) is 8.62. The van der Waals surface area contributed by atoms with Crippen LogP contribution in [0.25, 0.3) is 0 Å². The molecular weight excluding hydrogens is 274 g/mol. The Hall–Kier alpha value is -1.51. The van der Waals surface area contributed by atoms with Gasteiger partial charge in [0.1, 0.15) is 5.75 Å². The van der Waals surface area contributed by atoms with Crippen molar-refractivity contribution in [1.82, 2.24) is 4.90 Å². The molecule has 1 aliphatic heterocycles. The third-order valence-electron chi connectivity index (χ3n) is 5.26. The number of carbonyl (C=O) groups is 1. The molecule has 120 valence electrons. The predicted molar refractivity (Wildman–Crippen MR) is 88.7 cm³/mol. The normalized spacial score (nSPS) is 23.2. The highest BCUT2D eigenvalue weighted by molar-refractivity contribution is 5.98. The number of nitrogens with zero attached hydrogens (tertiary/aromatic N) is 1. The fraction of sp³-hybridized carbons (Fsp3) is 0.632. The van der Waals surface area contributed by atoms with Gasteiger partial charge in [-0.2, -0.15) is 0 Å². The lowest BCUT2D eigenvalue weighted by atomic mass is 9.98. The second-order valence-electron chi connectivity index (χ2n) is 6.80. The number of carbonyl (C=O) groups excluding carboxylic acids is 1. The van der Waals surface area contributed by atoms with Gasteiger partial charge in [0.25, 0.3) is 5.91 Å². The van der Waals surface area contributed by atoms with Crippen molar-refractivity contribution >= 4 is 5.91 Å². The van der Waals surface area contributed by atoms with Gasteiger partial charge < -0.3 is 9.64 Å². The minimum atomic E-state index is 0.225. The molecule has 0 N–H and O–H groups in total. The number of hydrogen-bond acceptors (Lipinski definition) is 2. The maximum absolute atomic E-state index is 12.9. The number of aryl methyl sites for hydroxylation is 1. The summed E-state index contributed by atoms with van der Waals surface area (Å²) in [6, 6.07) is 3.05. The zero-order valence-electron chi connectivity index (χ0n) is 14.2. The molecule has 2 atom stereocenters. The molecule has 3 rings (SSSR count). The van der Waals surface area contributed by atoms with Gasteiger partial charge in [0.05, 0.1) is 18.7 Å². The third kappa shape index (κ3) is 2.51. The summed E-state index contributed by atoms with van der Waals surface area (Å²) in [6.07, 6.45) is 5.91. The van der Waals surface area contributed by atoms with E-state index >= 15 is 0 Å². The lowest BCUT2D eigenvalue weighted by Gasteiger charge is -2.17. The fourth-order valence-corrected chi connectivity index (χ4v) is 3.85. The summed E-state index contributed by atoms with van der Waals surface area (Å²) in [5.74, 6) is 1.18. The Bertz CT molecular complexity index is 582. The number of amides is 1. The molecular formula is C19H27NO2. The highest BCUT2D eigenvalue weighted by Gasteiger charge is 2.51. The van der Waals surface area contributed by atoms with Crippen molar-refractivity contribution in [2.24, 2.45) is 0 Å². The van der Waals surface area contributed by atoms with Crippen LogP contribution in [-0.2, 0) is 0 Å². The summed E-state index contributed by atoms with van der Waals surface area (Å²) in [4.78, 5) is 15.0. The molecule has 3 nitrogen and oxygen atoms in total. The molecule has 22 heavy (non-hydrogen) atoms. The number of hydrogen-bond donors (Lipinski definition) is 0.